The summed E-state index contributed by atoms with van der Waals surface area (Å²) < 4.78 is 15.5. The number of aromatic nitrogens is 2. The molecule has 0 aromatic carbocycles. The van der Waals surface area contributed by atoms with Crippen LogP contribution in [0.1, 0.15) is 6.42 Å². The number of carbonyl (C=O) groups excluding carboxylic acids is 1. The molecule has 7 heteroatoms. The number of likely N-dealkylation sites (tertiary alicyclic amines) is 1. The molecule has 1 amide bonds. The van der Waals surface area contributed by atoms with Crippen molar-refractivity contribution < 1.29 is 19.0 Å². The molecule has 1 saturated heterocycles. The second-order valence-corrected chi connectivity index (χ2v) is 4.20. The van der Waals surface area contributed by atoms with Gasteiger partial charge < -0.3 is 19.1 Å². The monoisotopic (exact) mass is 267 g/mol. The molecular weight excluding hydrogens is 250 g/mol. The fourth-order valence-corrected chi connectivity index (χ4v) is 1.92. The zero-order valence-electron chi connectivity index (χ0n) is 11.0. The van der Waals surface area contributed by atoms with E-state index in [9.17, 15) is 4.79 Å². The van der Waals surface area contributed by atoms with Crippen LogP contribution in [0.2, 0.25) is 0 Å². The highest BCUT2D eigenvalue weighted by molar-refractivity contribution is 5.77. The molecular formula is C12H17N3O4. The van der Waals surface area contributed by atoms with Crippen LogP contribution >= 0.6 is 0 Å². The van der Waals surface area contributed by atoms with Crippen LogP contribution in [0.5, 0.6) is 11.8 Å². The average molecular weight is 267 g/mol. The molecule has 1 aliphatic heterocycles. The van der Waals surface area contributed by atoms with Gasteiger partial charge >= 0.3 is 0 Å². The van der Waals surface area contributed by atoms with Crippen LogP contribution in [0.25, 0.3) is 0 Å². The molecule has 1 aromatic heterocycles. The van der Waals surface area contributed by atoms with Crippen LogP contribution in [0.15, 0.2) is 12.4 Å². The summed E-state index contributed by atoms with van der Waals surface area (Å²) in [4.78, 5) is 21.5. The van der Waals surface area contributed by atoms with Gasteiger partial charge in [-0.2, -0.15) is 4.98 Å². The number of hydrogen-bond donors (Lipinski definition) is 0. The Morgan fingerprint density at radius 1 is 1.42 bits per heavy atom. The van der Waals surface area contributed by atoms with E-state index in [1.165, 1.54) is 26.6 Å². The highest BCUT2D eigenvalue weighted by Crippen LogP contribution is 2.17. The van der Waals surface area contributed by atoms with Crippen LogP contribution in [0, 0.1) is 0 Å². The van der Waals surface area contributed by atoms with Crippen molar-refractivity contribution in [2.45, 2.75) is 12.5 Å². The quantitative estimate of drug-likeness (QED) is 0.754. The number of ether oxygens (including phenoxy) is 3. The van der Waals surface area contributed by atoms with Gasteiger partial charge in [0.1, 0.15) is 12.7 Å². The predicted octanol–water partition coefficient (Wildman–Crippen LogP) is 0.111. The molecule has 0 spiro atoms. The van der Waals surface area contributed by atoms with E-state index < -0.39 is 0 Å². The Kier molecular flexibility index (Phi) is 4.51. The van der Waals surface area contributed by atoms with Crippen molar-refractivity contribution >= 4 is 5.91 Å². The second kappa shape index (κ2) is 6.33. The Morgan fingerprint density at radius 2 is 2.21 bits per heavy atom. The average Bonchev–Trinajstić information content (AvgIpc) is 2.88. The molecule has 1 atom stereocenters. The Labute approximate surface area is 111 Å². The Balaban J connectivity index is 1.89. The van der Waals surface area contributed by atoms with Crippen molar-refractivity contribution in [2.75, 3.05) is 33.9 Å². The molecule has 0 unspecified atom stereocenters. The third kappa shape index (κ3) is 3.54. The van der Waals surface area contributed by atoms with Crippen LogP contribution in [-0.4, -0.2) is 60.8 Å². The summed E-state index contributed by atoms with van der Waals surface area (Å²) in [5.41, 5.74) is 0. The zero-order chi connectivity index (χ0) is 13.7. The Morgan fingerprint density at radius 3 is 2.95 bits per heavy atom. The first-order valence-electron chi connectivity index (χ1n) is 6.02. The van der Waals surface area contributed by atoms with E-state index in [-0.39, 0.29) is 18.6 Å². The fraction of sp³-hybridized carbons (Fsp3) is 0.583. The Hall–Kier alpha value is -1.89. The van der Waals surface area contributed by atoms with Crippen molar-refractivity contribution in [3.05, 3.63) is 12.4 Å². The number of methoxy groups -OCH3 is 2. The minimum absolute atomic E-state index is 0.0228. The largest absolute Gasteiger partial charge is 0.480 e. The maximum absolute atomic E-state index is 11.6. The third-order valence-electron chi connectivity index (χ3n) is 2.85. The van der Waals surface area contributed by atoms with Gasteiger partial charge in [0.15, 0.2) is 0 Å². The normalized spacial score (nSPS) is 18.4. The van der Waals surface area contributed by atoms with E-state index in [1.54, 1.807) is 4.90 Å². The lowest BCUT2D eigenvalue weighted by molar-refractivity contribution is -0.134. The molecule has 0 radical (unpaired) electrons. The summed E-state index contributed by atoms with van der Waals surface area (Å²) in [5, 5.41) is 0. The van der Waals surface area contributed by atoms with Gasteiger partial charge in [0.2, 0.25) is 17.7 Å². The highest BCUT2D eigenvalue weighted by Gasteiger charge is 2.27. The summed E-state index contributed by atoms with van der Waals surface area (Å²) in [6.07, 6.45) is 3.74. The smallest absolute Gasteiger partial charge is 0.248 e. The van der Waals surface area contributed by atoms with E-state index >= 15 is 0 Å². The molecule has 0 N–H and O–H groups in total. The molecule has 1 aromatic rings. The molecule has 0 saturated carbocycles. The minimum Gasteiger partial charge on any atom is -0.480 e. The van der Waals surface area contributed by atoms with Gasteiger partial charge in [0.25, 0.3) is 0 Å². The summed E-state index contributed by atoms with van der Waals surface area (Å²) in [7, 11) is 3.03. The van der Waals surface area contributed by atoms with Crippen molar-refractivity contribution in [1.82, 2.24) is 14.9 Å². The van der Waals surface area contributed by atoms with E-state index in [4.69, 9.17) is 14.2 Å². The predicted molar refractivity (Wildman–Crippen MR) is 66.1 cm³/mol. The second-order valence-electron chi connectivity index (χ2n) is 4.20. The molecule has 2 heterocycles. The maximum Gasteiger partial charge on any atom is 0.248 e. The van der Waals surface area contributed by atoms with Crippen molar-refractivity contribution in [3.63, 3.8) is 0 Å². The Bertz CT molecular complexity index is 441. The summed E-state index contributed by atoms with van der Waals surface area (Å²) in [5.74, 6) is 0.790. The highest BCUT2D eigenvalue weighted by atomic mass is 16.5. The van der Waals surface area contributed by atoms with Gasteiger partial charge in [-0.1, -0.05) is 0 Å². The topological polar surface area (TPSA) is 73.8 Å². The molecule has 1 aliphatic rings. The van der Waals surface area contributed by atoms with Crippen LogP contribution in [-0.2, 0) is 9.53 Å². The minimum atomic E-state index is -0.0674. The molecule has 0 bridgehead atoms. The number of amides is 1. The first-order valence-corrected chi connectivity index (χ1v) is 6.02. The van der Waals surface area contributed by atoms with Crippen molar-refractivity contribution in [1.29, 1.82) is 0 Å². The van der Waals surface area contributed by atoms with Crippen LogP contribution in [0.3, 0.4) is 0 Å². The van der Waals surface area contributed by atoms with Gasteiger partial charge in [-0.05, 0) is 0 Å². The maximum atomic E-state index is 11.6. The molecule has 19 heavy (non-hydrogen) atoms. The third-order valence-corrected chi connectivity index (χ3v) is 2.85. The molecule has 7 nitrogen and oxygen atoms in total. The summed E-state index contributed by atoms with van der Waals surface area (Å²) in [6.45, 7) is 1.32. The molecule has 1 fully saturated rings. The van der Waals surface area contributed by atoms with E-state index in [0.717, 1.165) is 6.42 Å². The number of nitrogens with zero attached hydrogens (tertiary/aromatic N) is 3. The van der Waals surface area contributed by atoms with E-state index in [0.29, 0.717) is 24.8 Å². The lowest BCUT2D eigenvalue weighted by atomic mass is 10.3. The first kappa shape index (κ1) is 13.5. The molecule has 104 valence electrons. The number of rotatable bonds is 5. The molecule has 0 aliphatic carbocycles. The van der Waals surface area contributed by atoms with Crippen molar-refractivity contribution in [2.24, 2.45) is 0 Å². The van der Waals surface area contributed by atoms with Gasteiger partial charge in [-0.15, -0.1) is 0 Å². The van der Waals surface area contributed by atoms with Gasteiger partial charge in [-0.3, -0.25) is 9.78 Å². The van der Waals surface area contributed by atoms with Gasteiger partial charge in [-0.25, -0.2) is 0 Å². The van der Waals surface area contributed by atoms with E-state index in [1.807, 2.05) is 0 Å². The lowest BCUT2D eigenvalue weighted by Gasteiger charge is -2.16. The number of hydrogen-bond acceptors (Lipinski definition) is 6. The van der Waals surface area contributed by atoms with Crippen LogP contribution < -0.4 is 9.47 Å². The standard InChI is InChI=1S/C12H17N3O4/c1-17-8-12(16)15-4-3-9(7-15)19-11-6-13-5-10(14-11)18-2/h5-6,9H,3-4,7-8H2,1-2H3/t9-/m1/s1. The SMILES string of the molecule is COCC(=O)N1CC[C@@H](Oc2cncc(OC)n2)C1. The summed E-state index contributed by atoms with van der Waals surface area (Å²) >= 11 is 0. The lowest BCUT2D eigenvalue weighted by Crippen LogP contribution is -2.33. The first-order chi connectivity index (χ1) is 9.22. The zero-order valence-corrected chi connectivity index (χ0v) is 11.0. The fourth-order valence-electron chi connectivity index (χ4n) is 1.92. The van der Waals surface area contributed by atoms with Crippen molar-refractivity contribution in [3.8, 4) is 11.8 Å². The number of carbonyl (C=O) groups is 1. The van der Waals surface area contributed by atoms with Gasteiger partial charge in [0.05, 0.1) is 26.0 Å². The summed E-state index contributed by atoms with van der Waals surface area (Å²) in [6, 6.07) is 0. The molecule has 2 rings (SSSR count). The van der Waals surface area contributed by atoms with E-state index in [2.05, 4.69) is 9.97 Å². The van der Waals surface area contributed by atoms with Crippen LogP contribution in [0.4, 0.5) is 0 Å². The van der Waals surface area contributed by atoms with Gasteiger partial charge in [0, 0.05) is 20.1 Å².